The summed E-state index contributed by atoms with van der Waals surface area (Å²) in [5, 5.41) is 11.2. The molecule has 2 heterocycles. The Morgan fingerprint density at radius 3 is 1.86 bits per heavy atom. The van der Waals surface area contributed by atoms with Crippen LogP contribution in [-0.4, -0.2) is 104 Å². The van der Waals surface area contributed by atoms with E-state index in [-0.39, 0.29) is 55.8 Å². The van der Waals surface area contributed by atoms with Gasteiger partial charge in [0.15, 0.2) is 5.78 Å². The Kier molecular flexibility index (Phi) is 16.6. The summed E-state index contributed by atoms with van der Waals surface area (Å²) in [6.07, 6.45) is -3.42. The average molecular weight is 802 g/mol. The molecule has 2 saturated heterocycles. The summed E-state index contributed by atoms with van der Waals surface area (Å²) in [7, 11) is 0. The van der Waals surface area contributed by atoms with Gasteiger partial charge in [0.25, 0.3) is 0 Å². The number of hydrogen-bond acceptors (Lipinski definition) is 8. The minimum atomic E-state index is -4.57. The van der Waals surface area contributed by atoms with E-state index in [1.807, 2.05) is 58.0 Å². The molecule has 2 aliphatic rings. The molecule has 2 aromatic rings. The summed E-state index contributed by atoms with van der Waals surface area (Å²) in [6, 6.07) is 9.35. The van der Waals surface area contributed by atoms with Crippen LogP contribution < -0.4 is 21.3 Å². The molecule has 15 heteroatoms. The molecule has 57 heavy (non-hydrogen) atoms. The number of Topliss-reactive ketones (excluding diaryl/α,β-unsaturated/α-hetero) is 1. The lowest BCUT2D eigenvalue weighted by atomic mass is 9.93. The molecule has 0 bridgehead atoms. The molecule has 4 amide bonds. The van der Waals surface area contributed by atoms with E-state index >= 15 is 0 Å². The van der Waals surface area contributed by atoms with Gasteiger partial charge in [0.1, 0.15) is 23.7 Å². The van der Waals surface area contributed by atoms with Crippen LogP contribution in [0.1, 0.15) is 77.0 Å². The second-order valence-corrected chi connectivity index (χ2v) is 16.1. The molecule has 0 saturated carbocycles. The van der Waals surface area contributed by atoms with E-state index in [2.05, 4.69) is 26.2 Å². The van der Waals surface area contributed by atoms with E-state index in [1.165, 1.54) is 12.1 Å². The molecule has 314 valence electrons. The second-order valence-electron chi connectivity index (χ2n) is 16.1. The largest absolute Gasteiger partial charge is 0.416 e. The quantitative estimate of drug-likeness (QED) is 0.138. The van der Waals surface area contributed by atoms with Crippen molar-refractivity contribution >= 4 is 29.4 Å². The van der Waals surface area contributed by atoms with Crippen LogP contribution in [0.15, 0.2) is 54.6 Å². The number of rotatable bonds is 21. The number of epoxide rings is 1. The highest BCUT2D eigenvalue weighted by Crippen LogP contribution is 2.30. The first-order valence-electron chi connectivity index (χ1n) is 19.8. The predicted octanol–water partition coefficient (Wildman–Crippen LogP) is 3.99. The minimum Gasteiger partial charge on any atom is -0.379 e. The number of alkyl halides is 3. The Balaban J connectivity index is 1.54. The summed E-state index contributed by atoms with van der Waals surface area (Å²) < 4.78 is 50.8. The molecule has 4 N–H and O–H groups in total. The van der Waals surface area contributed by atoms with Crippen LogP contribution in [0.2, 0.25) is 0 Å². The number of aryl methyl sites for hydroxylation is 1. The molecule has 0 unspecified atom stereocenters. The van der Waals surface area contributed by atoms with Crippen LogP contribution in [0.3, 0.4) is 0 Å². The van der Waals surface area contributed by atoms with Gasteiger partial charge in [-0.3, -0.25) is 28.9 Å². The maximum atomic E-state index is 14.1. The zero-order chi connectivity index (χ0) is 41.8. The lowest BCUT2D eigenvalue weighted by Gasteiger charge is -2.28. The number of amides is 4. The highest BCUT2D eigenvalue weighted by Gasteiger charge is 2.50. The minimum absolute atomic E-state index is 0.00452. The van der Waals surface area contributed by atoms with Gasteiger partial charge < -0.3 is 30.7 Å². The Labute approximate surface area is 333 Å². The number of ether oxygens (including phenoxy) is 2. The number of ketones is 1. The second kappa shape index (κ2) is 20.9. The number of halogens is 3. The van der Waals surface area contributed by atoms with Gasteiger partial charge in [-0.15, -0.1) is 0 Å². The smallest absolute Gasteiger partial charge is 0.379 e. The third kappa shape index (κ3) is 14.8. The van der Waals surface area contributed by atoms with Crippen molar-refractivity contribution < 1.29 is 46.6 Å². The zero-order valence-electron chi connectivity index (χ0n) is 33.6. The molecule has 2 aromatic carbocycles. The van der Waals surface area contributed by atoms with Crippen LogP contribution in [0.25, 0.3) is 0 Å². The van der Waals surface area contributed by atoms with E-state index in [0.29, 0.717) is 51.3 Å². The monoisotopic (exact) mass is 801 g/mol. The molecule has 12 nitrogen and oxygen atoms in total. The van der Waals surface area contributed by atoms with Gasteiger partial charge in [0.05, 0.1) is 31.4 Å². The fraction of sp³-hybridized carbons (Fsp3) is 0.595. The fourth-order valence-corrected chi connectivity index (χ4v) is 6.69. The van der Waals surface area contributed by atoms with Gasteiger partial charge in [-0.1, -0.05) is 70.2 Å². The highest BCUT2D eigenvalue weighted by atomic mass is 19.4. The third-order valence-corrected chi connectivity index (χ3v) is 10.1. The van der Waals surface area contributed by atoms with Crippen LogP contribution in [0, 0.1) is 11.8 Å². The Hall–Kier alpha value is -4.34. The average Bonchev–Trinajstić information content (AvgIpc) is 3.92. The maximum Gasteiger partial charge on any atom is 0.416 e. The summed E-state index contributed by atoms with van der Waals surface area (Å²) in [5.74, 6) is -2.71. The molecule has 0 aliphatic carbocycles. The highest BCUT2D eigenvalue weighted by molar-refractivity contribution is 5.98. The van der Waals surface area contributed by atoms with Crippen LogP contribution >= 0.6 is 0 Å². The standard InChI is InChI=1S/C42H58F3N5O7/c1-27(2)23-33(37(52)41(5)26-57-41)47-40(55)35(25-30-11-14-31(15-12-30)42(43,44)45)49-39(54)34(24-28(3)4)48-38(53)32(16-13-29-9-7-6-8-10-29)46-36(51)17-18-50-19-21-56-22-20-50/h6-12,14-15,27-28,32-35H,13,16-26H2,1-5H3,(H,46,51)(H,47,55)(H,48,53)(H,49,54)/t32-,33-,34-,35-,41+/m0/s1. The van der Waals surface area contributed by atoms with Crippen molar-refractivity contribution in [2.45, 2.75) is 109 Å². The van der Waals surface area contributed by atoms with Crippen molar-refractivity contribution in [2.24, 2.45) is 11.8 Å². The van der Waals surface area contributed by atoms with Crippen molar-refractivity contribution in [2.75, 3.05) is 39.5 Å². The molecule has 0 spiro atoms. The topological polar surface area (TPSA) is 158 Å². The molecule has 0 radical (unpaired) electrons. The number of benzene rings is 2. The lowest BCUT2D eigenvalue weighted by Crippen LogP contribution is -2.59. The van der Waals surface area contributed by atoms with Crippen molar-refractivity contribution in [3.8, 4) is 0 Å². The maximum absolute atomic E-state index is 14.1. The fourth-order valence-electron chi connectivity index (χ4n) is 6.69. The first-order valence-corrected chi connectivity index (χ1v) is 19.8. The third-order valence-electron chi connectivity index (χ3n) is 10.1. The van der Waals surface area contributed by atoms with Gasteiger partial charge in [-0.2, -0.15) is 13.2 Å². The van der Waals surface area contributed by atoms with Crippen LogP contribution in [-0.2, 0) is 52.5 Å². The molecule has 0 aromatic heterocycles. The van der Waals surface area contributed by atoms with E-state index < -0.39 is 59.2 Å². The predicted molar refractivity (Wildman–Crippen MR) is 208 cm³/mol. The lowest BCUT2D eigenvalue weighted by molar-refractivity contribution is -0.137. The number of carbonyl (C=O) groups excluding carboxylic acids is 5. The summed E-state index contributed by atoms with van der Waals surface area (Å²) in [4.78, 5) is 70.8. The molecule has 5 atom stereocenters. The van der Waals surface area contributed by atoms with Crippen molar-refractivity contribution in [1.29, 1.82) is 0 Å². The van der Waals surface area contributed by atoms with Crippen molar-refractivity contribution in [3.63, 3.8) is 0 Å². The van der Waals surface area contributed by atoms with Gasteiger partial charge in [-0.05, 0) is 67.7 Å². The van der Waals surface area contributed by atoms with Gasteiger partial charge in [0, 0.05) is 32.5 Å². The Bertz CT molecular complexity index is 1650. The molecule has 2 fully saturated rings. The first-order chi connectivity index (χ1) is 26.9. The number of carbonyl (C=O) groups is 5. The summed E-state index contributed by atoms with van der Waals surface area (Å²) in [6.45, 7) is 12.4. The summed E-state index contributed by atoms with van der Waals surface area (Å²) in [5.41, 5.74) is -0.618. The van der Waals surface area contributed by atoms with E-state index in [9.17, 15) is 37.1 Å². The zero-order valence-corrected chi connectivity index (χ0v) is 33.6. The van der Waals surface area contributed by atoms with Crippen molar-refractivity contribution in [3.05, 3.63) is 71.3 Å². The van der Waals surface area contributed by atoms with Crippen LogP contribution in [0.5, 0.6) is 0 Å². The van der Waals surface area contributed by atoms with E-state index in [4.69, 9.17) is 9.47 Å². The molecule has 4 rings (SSSR count). The molecular weight excluding hydrogens is 743 g/mol. The number of morpholine rings is 1. The van der Waals surface area contributed by atoms with Crippen molar-refractivity contribution in [1.82, 2.24) is 26.2 Å². The number of nitrogens with one attached hydrogen (secondary N) is 4. The van der Waals surface area contributed by atoms with E-state index in [1.54, 1.807) is 6.92 Å². The molecule has 2 aliphatic heterocycles. The summed E-state index contributed by atoms with van der Waals surface area (Å²) >= 11 is 0. The van der Waals surface area contributed by atoms with Crippen LogP contribution in [0.4, 0.5) is 13.2 Å². The van der Waals surface area contributed by atoms with Gasteiger partial charge in [0.2, 0.25) is 23.6 Å². The van der Waals surface area contributed by atoms with E-state index in [0.717, 1.165) is 17.7 Å². The van der Waals surface area contributed by atoms with Gasteiger partial charge >= 0.3 is 6.18 Å². The number of nitrogens with zero attached hydrogens (tertiary/aromatic N) is 1. The normalized spacial score (nSPS) is 19.3. The SMILES string of the molecule is CC(C)C[C@H](NC(=O)[C@H](CCc1ccccc1)NC(=O)CCN1CCOCC1)C(=O)N[C@@H](Cc1ccc(C(F)(F)F)cc1)C(=O)N[C@@H](CC(C)C)C(=O)[C@@]1(C)CO1. The Morgan fingerprint density at radius 1 is 0.737 bits per heavy atom. The Morgan fingerprint density at radius 2 is 1.28 bits per heavy atom. The van der Waals surface area contributed by atoms with Gasteiger partial charge in [-0.25, -0.2) is 0 Å². The number of hydrogen-bond donors (Lipinski definition) is 4. The molecular formula is C42H58F3N5O7. The first kappa shape index (κ1) is 45.4.